The molecule has 2 N–H and O–H groups in total. The Balaban J connectivity index is 2.40. The number of ether oxygens (including phenoxy) is 1. The molecule has 1 heterocycles. The first kappa shape index (κ1) is 20.9. The van der Waals surface area contributed by atoms with E-state index in [1.165, 1.54) is 31.4 Å². The van der Waals surface area contributed by atoms with Crippen LogP contribution in [-0.4, -0.2) is 25.3 Å². The van der Waals surface area contributed by atoms with Crippen molar-refractivity contribution >= 4 is 10.0 Å². The van der Waals surface area contributed by atoms with E-state index in [0.717, 1.165) is 4.68 Å². The maximum atomic E-state index is 13.7. The largest absolute Gasteiger partial charge is 0.497 e. The highest BCUT2D eigenvalue weighted by molar-refractivity contribution is 7.89. The van der Waals surface area contributed by atoms with E-state index in [1.807, 2.05) is 0 Å². The number of sulfonamides is 1. The van der Waals surface area contributed by atoms with Crippen LogP contribution in [0.1, 0.15) is 18.2 Å². The SMILES string of the molecule is CCc1c(C(F)(F)F)nn(-c2ccccc2S(N)(=O)=O)c1-c1ccc(OC)cc1. The topological polar surface area (TPSA) is 87.2 Å². The number of halogens is 3. The van der Waals surface area contributed by atoms with Crippen molar-refractivity contribution in [2.45, 2.75) is 24.4 Å². The highest BCUT2D eigenvalue weighted by Gasteiger charge is 2.39. The molecule has 0 unspecified atom stereocenters. The second-order valence-corrected chi connectivity index (χ2v) is 7.71. The van der Waals surface area contributed by atoms with Gasteiger partial charge < -0.3 is 4.74 Å². The van der Waals surface area contributed by atoms with Crippen molar-refractivity contribution < 1.29 is 26.3 Å². The third-order valence-electron chi connectivity index (χ3n) is 4.37. The monoisotopic (exact) mass is 425 g/mol. The van der Waals surface area contributed by atoms with Gasteiger partial charge in [-0.1, -0.05) is 19.1 Å². The Morgan fingerprint density at radius 3 is 2.24 bits per heavy atom. The van der Waals surface area contributed by atoms with E-state index >= 15 is 0 Å². The van der Waals surface area contributed by atoms with Gasteiger partial charge in [0, 0.05) is 11.1 Å². The number of nitrogens with zero attached hydrogens (tertiary/aromatic N) is 2. The minimum atomic E-state index is -4.71. The summed E-state index contributed by atoms with van der Waals surface area (Å²) in [6.07, 6.45) is -4.68. The number of hydrogen-bond donors (Lipinski definition) is 1. The molecule has 0 saturated carbocycles. The predicted molar refractivity (Wildman–Crippen MR) is 101 cm³/mol. The van der Waals surface area contributed by atoms with Gasteiger partial charge in [-0.05, 0) is 42.8 Å². The van der Waals surface area contributed by atoms with Crippen LogP contribution in [0, 0.1) is 0 Å². The molecule has 0 aliphatic carbocycles. The zero-order chi connectivity index (χ0) is 21.4. The third-order valence-corrected chi connectivity index (χ3v) is 5.33. The van der Waals surface area contributed by atoms with Crippen LogP contribution in [0.25, 0.3) is 16.9 Å². The molecule has 0 aliphatic heterocycles. The fraction of sp³-hybridized carbons (Fsp3) is 0.211. The molecule has 1 aromatic heterocycles. The van der Waals surface area contributed by atoms with Crippen LogP contribution < -0.4 is 9.88 Å². The number of benzene rings is 2. The van der Waals surface area contributed by atoms with Crippen LogP contribution in [0.3, 0.4) is 0 Å². The van der Waals surface area contributed by atoms with E-state index in [-0.39, 0.29) is 28.3 Å². The van der Waals surface area contributed by atoms with Gasteiger partial charge in [-0.3, -0.25) is 0 Å². The van der Waals surface area contributed by atoms with E-state index in [0.29, 0.717) is 11.3 Å². The van der Waals surface area contributed by atoms with E-state index in [2.05, 4.69) is 5.10 Å². The van der Waals surface area contributed by atoms with Crippen LogP contribution in [0.5, 0.6) is 5.75 Å². The molecule has 0 radical (unpaired) electrons. The van der Waals surface area contributed by atoms with Crippen molar-refractivity contribution in [1.29, 1.82) is 0 Å². The molecule has 154 valence electrons. The molecule has 0 aliphatic rings. The Bertz CT molecular complexity index is 1140. The number of rotatable bonds is 5. The molecular formula is C19H18F3N3O3S. The van der Waals surface area contributed by atoms with Crippen molar-refractivity contribution in [1.82, 2.24) is 9.78 Å². The number of hydrogen-bond acceptors (Lipinski definition) is 4. The molecule has 0 atom stereocenters. The second kappa shape index (κ2) is 7.53. The summed E-state index contributed by atoms with van der Waals surface area (Å²) in [4.78, 5) is -0.325. The minimum Gasteiger partial charge on any atom is -0.497 e. The predicted octanol–water partition coefficient (Wildman–Crippen LogP) is 3.78. The lowest BCUT2D eigenvalue weighted by Gasteiger charge is -2.13. The number of primary sulfonamides is 1. The van der Waals surface area contributed by atoms with Crippen molar-refractivity contribution in [2.75, 3.05) is 7.11 Å². The first-order valence-electron chi connectivity index (χ1n) is 8.53. The first-order chi connectivity index (χ1) is 13.6. The van der Waals surface area contributed by atoms with Gasteiger partial charge in [-0.2, -0.15) is 18.3 Å². The van der Waals surface area contributed by atoms with Crippen molar-refractivity contribution in [3.63, 3.8) is 0 Å². The number of aromatic nitrogens is 2. The molecule has 29 heavy (non-hydrogen) atoms. The summed E-state index contributed by atoms with van der Waals surface area (Å²) in [6.45, 7) is 1.58. The lowest BCUT2D eigenvalue weighted by Crippen LogP contribution is -2.16. The third kappa shape index (κ3) is 3.99. The number of alkyl halides is 3. The molecule has 0 saturated heterocycles. The lowest BCUT2D eigenvalue weighted by atomic mass is 10.0. The van der Waals surface area contributed by atoms with Gasteiger partial charge >= 0.3 is 6.18 Å². The molecule has 3 aromatic rings. The van der Waals surface area contributed by atoms with Crippen LogP contribution in [-0.2, 0) is 22.6 Å². The highest BCUT2D eigenvalue weighted by Crippen LogP contribution is 2.39. The summed E-state index contributed by atoms with van der Waals surface area (Å²) < 4.78 is 71.1. The smallest absolute Gasteiger partial charge is 0.435 e. The summed E-state index contributed by atoms with van der Waals surface area (Å²) in [5, 5.41) is 9.03. The molecule has 0 amide bonds. The number of nitrogens with two attached hydrogens (primary N) is 1. The molecule has 0 spiro atoms. The molecule has 0 fully saturated rings. The Labute approximate surface area is 165 Å². The average Bonchev–Trinajstić information content (AvgIpc) is 3.07. The first-order valence-corrected chi connectivity index (χ1v) is 10.1. The highest BCUT2D eigenvalue weighted by atomic mass is 32.2. The maximum Gasteiger partial charge on any atom is 0.435 e. The fourth-order valence-corrected chi connectivity index (χ4v) is 3.82. The van der Waals surface area contributed by atoms with Gasteiger partial charge in [0.1, 0.15) is 10.6 Å². The number of methoxy groups -OCH3 is 1. The second-order valence-electron chi connectivity index (χ2n) is 6.18. The summed E-state index contributed by atoms with van der Waals surface area (Å²) in [7, 11) is -2.73. The van der Waals surface area contributed by atoms with Gasteiger partial charge in [-0.25, -0.2) is 18.2 Å². The Morgan fingerprint density at radius 2 is 1.72 bits per heavy atom. The van der Waals surface area contributed by atoms with Gasteiger partial charge in [0.05, 0.1) is 18.5 Å². The van der Waals surface area contributed by atoms with Crippen LogP contribution in [0.4, 0.5) is 13.2 Å². The standard InChI is InChI=1S/C19H18F3N3O3S/c1-3-14-17(12-8-10-13(28-2)11-9-12)25(24-18(14)19(20,21)22)15-6-4-5-7-16(15)29(23,26)27/h4-11H,3H2,1-2H3,(H2,23,26,27). The number of para-hydroxylation sites is 1. The van der Waals surface area contributed by atoms with Gasteiger partial charge in [0.2, 0.25) is 10.0 Å². The van der Waals surface area contributed by atoms with Gasteiger partial charge in [0.15, 0.2) is 5.69 Å². The average molecular weight is 425 g/mol. The zero-order valence-corrected chi connectivity index (χ0v) is 16.4. The Kier molecular flexibility index (Phi) is 5.42. The normalized spacial score (nSPS) is 12.2. The van der Waals surface area contributed by atoms with Crippen LogP contribution in [0.15, 0.2) is 53.4 Å². The maximum absolute atomic E-state index is 13.7. The van der Waals surface area contributed by atoms with E-state index in [4.69, 9.17) is 9.88 Å². The van der Waals surface area contributed by atoms with Gasteiger partial charge in [0.25, 0.3) is 0 Å². The zero-order valence-electron chi connectivity index (χ0n) is 15.6. The van der Waals surface area contributed by atoms with Gasteiger partial charge in [-0.15, -0.1) is 0 Å². The minimum absolute atomic E-state index is 0.0355. The lowest BCUT2D eigenvalue weighted by molar-refractivity contribution is -0.141. The molecule has 2 aromatic carbocycles. The quantitative estimate of drug-likeness (QED) is 0.674. The van der Waals surface area contributed by atoms with Crippen LogP contribution in [0.2, 0.25) is 0 Å². The van der Waals surface area contributed by atoms with Crippen LogP contribution >= 0.6 is 0 Å². The Morgan fingerprint density at radius 1 is 1.10 bits per heavy atom. The van der Waals surface area contributed by atoms with E-state index < -0.39 is 21.9 Å². The summed E-state index contributed by atoms with van der Waals surface area (Å²) in [6, 6.07) is 11.9. The van der Waals surface area contributed by atoms with E-state index in [9.17, 15) is 21.6 Å². The molecule has 0 bridgehead atoms. The molecule has 10 heteroatoms. The van der Waals surface area contributed by atoms with Crippen molar-refractivity contribution in [2.24, 2.45) is 5.14 Å². The molecular weight excluding hydrogens is 407 g/mol. The Hall–Kier alpha value is -2.85. The summed E-state index contributed by atoms with van der Waals surface area (Å²) in [5.74, 6) is 0.527. The summed E-state index contributed by atoms with van der Waals surface area (Å²) >= 11 is 0. The fourth-order valence-electron chi connectivity index (χ4n) is 3.11. The van der Waals surface area contributed by atoms with E-state index in [1.54, 1.807) is 31.2 Å². The van der Waals surface area contributed by atoms with Crippen molar-refractivity contribution in [3.8, 4) is 22.7 Å². The van der Waals surface area contributed by atoms with Crippen molar-refractivity contribution in [3.05, 3.63) is 59.8 Å². The molecule has 3 rings (SSSR count). The molecule has 6 nitrogen and oxygen atoms in total. The summed E-state index contributed by atoms with van der Waals surface area (Å²) in [5.41, 5.74) is -0.624.